The van der Waals surface area contributed by atoms with Gasteiger partial charge in [-0.15, -0.1) is 12.4 Å². The normalized spacial score (nSPS) is 10.4. The predicted octanol–water partition coefficient (Wildman–Crippen LogP) is 2.38. The first-order valence-electron chi connectivity index (χ1n) is 4.53. The Labute approximate surface area is 105 Å². The lowest BCUT2D eigenvalue weighted by molar-refractivity contribution is 0.185. The number of fused-ring (bicyclic) bond motifs is 1. The van der Waals surface area contributed by atoms with Crippen LogP contribution in [-0.4, -0.2) is 16.7 Å². The summed E-state index contributed by atoms with van der Waals surface area (Å²) in [6.45, 7) is 0.486. The Balaban J connectivity index is 0.00000128. The van der Waals surface area contributed by atoms with Gasteiger partial charge in [0.25, 0.3) is 0 Å². The number of methoxy groups -OCH3 is 1. The number of rotatable bonds is 2. The standard InChI is InChI=1S/C10H12ClN3O.ClH/c1-14-9-7(13-10(14)12)4-3-6(5-15-2)8(9)11;/h3-4H,5H2,1-2H3,(H2,12,13);1H. The topological polar surface area (TPSA) is 53.1 Å². The van der Waals surface area contributed by atoms with E-state index in [1.54, 1.807) is 11.7 Å². The number of nitrogen functional groups attached to an aromatic ring is 1. The Bertz CT molecular complexity index is 510. The number of imidazole rings is 1. The van der Waals surface area contributed by atoms with Crippen LogP contribution in [0.3, 0.4) is 0 Å². The molecule has 0 saturated carbocycles. The molecule has 6 heteroatoms. The second-order valence-corrected chi connectivity index (χ2v) is 3.75. The van der Waals surface area contributed by atoms with E-state index in [0.29, 0.717) is 17.6 Å². The number of anilines is 1. The smallest absolute Gasteiger partial charge is 0.200 e. The highest BCUT2D eigenvalue weighted by molar-refractivity contribution is 6.35. The number of benzene rings is 1. The molecule has 0 aliphatic rings. The van der Waals surface area contributed by atoms with Crippen molar-refractivity contribution in [3.05, 3.63) is 22.7 Å². The summed E-state index contributed by atoms with van der Waals surface area (Å²) >= 11 is 6.24. The molecule has 2 rings (SSSR count). The Hall–Kier alpha value is -0.970. The molecular weight excluding hydrogens is 249 g/mol. The average molecular weight is 262 g/mol. The number of ether oxygens (including phenoxy) is 1. The number of hydrogen-bond acceptors (Lipinski definition) is 3. The molecule has 0 spiro atoms. The Kier molecular flexibility index (Phi) is 4.02. The van der Waals surface area contributed by atoms with Gasteiger partial charge in [-0.25, -0.2) is 4.98 Å². The van der Waals surface area contributed by atoms with Crippen molar-refractivity contribution in [1.82, 2.24) is 9.55 Å². The van der Waals surface area contributed by atoms with Gasteiger partial charge in [0.05, 0.1) is 22.7 Å². The molecule has 4 nitrogen and oxygen atoms in total. The zero-order chi connectivity index (χ0) is 11.0. The molecule has 2 aromatic rings. The van der Waals surface area contributed by atoms with E-state index in [0.717, 1.165) is 16.6 Å². The van der Waals surface area contributed by atoms with Gasteiger partial charge < -0.3 is 15.0 Å². The molecule has 0 atom stereocenters. The number of nitrogens with two attached hydrogens (primary N) is 1. The number of nitrogens with zero attached hydrogens (tertiary/aromatic N) is 2. The summed E-state index contributed by atoms with van der Waals surface area (Å²) in [4.78, 5) is 4.19. The van der Waals surface area contributed by atoms with E-state index in [2.05, 4.69) is 4.98 Å². The van der Waals surface area contributed by atoms with Gasteiger partial charge in [0.1, 0.15) is 0 Å². The van der Waals surface area contributed by atoms with E-state index in [9.17, 15) is 0 Å². The SMILES string of the molecule is COCc1ccc2nc(N)n(C)c2c1Cl.Cl. The van der Waals surface area contributed by atoms with Crippen molar-refractivity contribution < 1.29 is 4.74 Å². The summed E-state index contributed by atoms with van der Waals surface area (Å²) in [5.74, 6) is 0.460. The van der Waals surface area contributed by atoms with Crippen molar-refractivity contribution in [3.8, 4) is 0 Å². The first-order chi connectivity index (χ1) is 7.15. The third kappa shape index (κ3) is 1.96. The van der Waals surface area contributed by atoms with Gasteiger partial charge in [-0.05, 0) is 11.6 Å². The monoisotopic (exact) mass is 261 g/mol. The molecule has 0 radical (unpaired) electrons. The van der Waals surface area contributed by atoms with Gasteiger partial charge in [-0.1, -0.05) is 17.7 Å². The summed E-state index contributed by atoms with van der Waals surface area (Å²) in [5.41, 5.74) is 8.30. The molecule has 0 fully saturated rings. The van der Waals surface area contributed by atoms with Gasteiger partial charge in [0.2, 0.25) is 5.95 Å². The summed E-state index contributed by atoms with van der Waals surface area (Å²) < 4.78 is 6.83. The average Bonchev–Trinajstić information content (AvgIpc) is 2.49. The number of halogens is 2. The van der Waals surface area contributed by atoms with Gasteiger partial charge in [0, 0.05) is 14.2 Å². The molecule has 0 unspecified atom stereocenters. The molecule has 0 aliphatic carbocycles. The summed E-state index contributed by atoms with van der Waals surface area (Å²) in [5, 5.41) is 0.654. The van der Waals surface area contributed by atoms with Crippen molar-refractivity contribution in [2.24, 2.45) is 7.05 Å². The fourth-order valence-corrected chi connectivity index (χ4v) is 1.93. The van der Waals surface area contributed by atoms with Crippen LogP contribution in [0.5, 0.6) is 0 Å². The third-order valence-electron chi connectivity index (χ3n) is 2.39. The zero-order valence-corrected chi connectivity index (χ0v) is 10.6. The molecule has 16 heavy (non-hydrogen) atoms. The first-order valence-corrected chi connectivity index (χ1v) is 4.91. The van der Waals surface area contributed by atoms with Crippen LogP contribution in [0.1, 0.15) is 5.56 Å². The minimum absolute atomic E-state index is 0. The largest absolute Gasteiger partial charge is 0.380 e. The van der Waals surface area contributed by atoms with Crippen molar-refractivity contribution in [2.45, 2.75) is 6.61 Å². The van der Waals surface area contributed by atoms with E-state index in [1.165, 1.54) is 0 Å². The molecule has 0 amide bonds. The minimum Gasteiger partial charge on any atom is -0.380 e. The van der Waals surface area contributed by atoms with Crippen LogP contribution in [0.15, 0.2) is 12.1 Å². The Morgan fingerprint density at radius 3 is 2.81 bits per heavy atom. The second kappa shape index (κ2) is 4.91. The maximum atomic E-state index is 6.24. The lowest BCUT2D eigenvalue weighted by Gasteiger charge is -2.05. The lowest BCUT2D eigenvalue weighted by atomic mass is 10.2. The number of aromatic nitrogens is 2. The maximum absolute atomic E-state index is 6.24. The molecule has 1 heterocycles. The van der Waals surface area contributed by atoms with Crippen LogP contribution in [-0.2, 0) is 18.4 Å². The van der Waals surface area contributed by atoms with E-state index >= 15 is 0 Å². The Morgan fingerprint density at radius 2 is 2.19 bits per heavy atom. The predicted molar refractivity (Wildman–Crippen MR) is 68.1 cm³/mol. The molecule has 1 aromatic heterocycles. The van der Waals surface area contributed by atoms with E-state index in [-0.39, 0.29) is 12.4 Å². The molecule has 1 aromatic carbocycles. The maximum Gasteiger partial charge on any atom is 0.200 e. The highest BCUT2D eigenvalue weighted by Gasteiger charge is 2.11. The minimum atomic E-state index is 0. The molecular formula is C10H13Cl2N3O. The van der Waals surface area contributed by atoms with E-state index in [4.69, 9.17) is 22.1 Å². The highest BCUT2D eigenvalue weighted by Crippen LogP contribution is 2.28. The molecule has 88 valence electrons. The van der Waals surface area contributed by atoms with Crippen molar-refractivity contribution in [1.29, 1.82) is 0 Å². The van der Waals surface area contributed by atoms with E-state index in [1.807, 2.05) is 19.2 Å². The number of hydrogen-bond donors (Lipinski definition) is 1. The van der Waals surface area contributed by atoms with Gasteiger partial charge in [-0.3, -0.25) is 0 Å². The second-order valence-electron chi connectivity index (χ2n) is 3.37. The first kappa shape index (κ1) is 13.1. The van der Waals surface area contributed by atoms with Crippen molar-refractivity contribution >= 4 is 41.0 Å². The number of aryl methyl sites for hydroxylation is 1. The van der Waals surface area contributed by atoms with Crippen LogP contribution in [0.2, 0.25) is 5.02 Å². The van der Waals surface area contributed by atoms with Gasteiger partial charge >= 0.3 is 0 Å². The molecule has 2 N–H and O–H groups in total. The molecule has 0 bridgehead atoms. The van der Waals surface area contributed by atoms with Crippen molar-refractivity contribution in [2.75, 3.05) is 12.8 Å². The quantitative estimate of drug-likeness (QED) is 0.903. The van der Waals surface area contributed by atoms with Crippen LogP contribution in [0.4, 0.5) is 5.95 Å². The highest BCUT2D eigenvalue weighted by atomic mass is 35.5. The third-order valence-corrected chi connectivity index (χ3v) is 2.81. The van der Waals surface area contributed by atoms with Gasteiger partial charge in [0.15, 0.2) is 0 Å². The summed E-state index contributed by atoms with van der Waals surface area (Å²) in [6, 6.07) is 3.80. The Morgan fingerprint density at radius 1 is 1.50 bits per heavy atom. The van der Waals surface area contributed by atoms with Gasteiger partial charge in [-0.2, -0.15) is 0 Å². The zero-order valence-electron chi connectivity index (χ0n) is 9.03. The molecule has 0 saturated heterocycles. The van der Waals surface area contributed by atoms with Crippen LogP contribution in [0.25, 0.3) is 11.0 Å². The summed E-state index contributed by atoms with van der Waals surface area (Å²) in [7, 11) is 3.48. The summed E-state index contributed by atoms with van der Waals surface area (Å²) in [6.07, 6.45) is 0. The van der Waals surface area contributed by atoms with Crippen molar-refractivity contribution in [3.63, 3.8) is 0 Å². The van der Waals surface area contributed by atoms with Crippen LogP contribution >= 0.6 is 24.0 Å². The fourth-order valence-electron chi connectivity index (χ4n) is 1.59. The van der Waals surface area contributed by atoms with Crippen LogP contribution < -0.4 is 5.73 Å². The van der Waals surface area contributed by atoms with E-state index < -0.39 is 0 Å². The molecule has 0 aliphatic heterocycles. The van der Waals surface area contributed by atoms with Crippen LogP contribution in [0, 0.1) is 0 Å². The fraction of sp³-hybridized carbons (Fsp3) is 0.300. The lowest BCUT2D eigenvalue weighted by Crippen LogP contribution is -1.97.